The Balaban J connectivity index is 2.32. The standard InChI is InChI=1S/C10H12N6O/c1-7(11)10(17)15-8-3-2-4-13-9(8)16-6-12-5-14-16/h2-7H,11H2,1H3,(H,15,17)/t7-/m1/s1. The maximum Gasteiger partial charge on any atom is 0.241 e. The number of pyridine rings is 1. The molecule has 0 aliphatic rings. The van der Waals surface area contributed by atoms with E-state index in [0.717, 1.165) is 0 Å². The van der Waals surface area contributed by atoms with Crippen molar-refractivity contribution in [3.63, 3.8) is 0 Å². The van der Waals surface area contributed by atoms with Gasteiger partial charge in [-0.3, -0.25) is 4.79 Å². The lowest BCUT2D eigenvalue weighted by Crippen LogP contribution is -2.32. The van der Waals surface area contributed by atoms with Gasteiger partial charge in [-0.1, -0.05) is 0 Å². The van der Waals surface area contributed by atoms with Gasteiger partial charge >= 0.3 is 0 Å². The summed E-state index contributed by atoms with van der Waals surface area (Å²) in [6, 6.07) is 2.86. The first kappa shape index (κ1) is 11.2. The molecule has 0 unspecified atom stereocenters. The van der Waals surface area contributed by atoms with Crippen molar-refractivity contribution in [3.8, 4) is 5.82 Å². The van der Waals surface area contributed by atoms with E-state index in [4.69, 9.17) is 5.73 Å². The SMILES string of the molecule is C[C@@H](N)C(=O)Nc1cccnc1-n1cncn1. The van der Waals surface area contributed by atoms with Crippen LogP contribution in [0, 0.1) is 0 Å². The molecule has 0 saturated heterocycles. The van der Waals surface area contributed by atoms with E-state index in [-0.39, 0.29) is 5.91 Å². The molecule has 2 aromatic rings. The van der Waals surface area contributed by atoms with Gasteiger partial charge in [0.1, 0.15) is 12.7 Å². The third-order valence-corrected chi connectivity index (χ3v) is 2.09. The van der Waals surface area contributed by atoms with Crippen LogP contribution in [0.1, 0.15) is 6.92 Å². The zero-order valence-corrected chi connectivity index (χ0v) is 9.24. The molecule has 0 aliphatic carbocycles. The minimum Gasteiger partial charge on any atom is -0.322 e. The molecule has 0 aromatic carbocycles. The molecule has 2 heterocycles. The maximum absolute atomic E-state index is 11.5. The number of nitrogens with two attached hydrogens (primary N) is 1. The molecular weight excluding hydrogens is 220 g/mol. The van der Waals surface area contributed by atoms with E-state index in [9.17, 15) is 4.79 Å². The van der Waals surface area contributed by atoms with Crippen LogP contribution in [0.15, 0.2) is 31.0 Å². The van der Waals surface area contributed by atoms with Crippen LogP contribution in [-0.4, -0.2) is 31.7 Å². The van der Waals surface area contributed by atoms with Crippen LogP contribution >= 0.6 is 0 Å². The van der Waals surface area contributed by atoms with Crippen molar-refractivity contribution in [3.05, 3.63) is 31.0 Å². The Bertz CT molecular complexity index is 507. The van der Waals surface area contributed by atoms with Crippen LogP contribution in [0.2, 0.25) is 0 Å². The normalized spacial score (nSPS) is 12.1. The fourth-order valence-electron chi connectivity index (χ4n) is 1.24. The van der Waals surface area contributed by atoms with Crippen molar-refractivity contribution in [2.24, 2.45) is 5.73 Å². The fourth-order valence-corrected chi connectivity index (χ4v) is 1.24. The van der Waals surface area contributed by atoms with Crippen molar-refractivity contribution in [1.82, 2.24) is 19.7 Å². The maximum atomic E-state index is 11.5. The van der Waals surface area contributed by atoms with Gasteiger partial charge in [-0.05, 0) is 19.1 Å². The monoisotopic (exact) mass is 232 g/mol. The second kappa shape index (κ2) is 4.71. The molecule has 0 spiro atoms. The Morgan fingerprint density at radius 3 is 3.06 bits per heavy atom. The molecule has 0 saturated carbocycles. The van der Waals surface area contributed by atoms with Gasteiger partial charge in [-0.2, -0.15) is 5.10 Å². The molecule has 3 N–H and O–H groups in total. The highest BCUT2D eigenvalue weighted by molar-refractivity contribution is 5.95. The van der Waals surface area contributed by atoms with Gasteiger partial charge in [-0.25, -0.2) is 14.6 Å². The zero-order chi connectivity index (χ0) is 12.3. The van der Waals surface area contributed by atoms with E-state index in [1.807, 2.05) is 0 Å². The summed E-state index contributed by atoms with van der Waals surface area (Å²) < 4.78 is 1.47. The second-order valence-electron chi connectivity index (χ2n) is 3.49. The largest absolute Gasteiger partial charge is 0.322 e. The number of hydrogen-bond donors (Lipinski definition) is 2. The van der Waals surface area contributed by atoms with Gasteiger partial charge in [0.25, 0.3) is 0 Å². The van der Waals surface area contributed by atoms with E-state index in [0.29, 0.717) is 11.5 Å². The van der Waals surface area contributed by atoms with Crippen molar-refractivity contribution in [2.75, 3.05) is 5.32 Å². The number of carbonyl (C=O) groups excluding carboxylic acids is 1. The second-order valence-corrected chi connectivity index (χ2v) is 3.49. The average molecular weight is 232 g/mol. The highest BCUT2D eigenvalue weighted by atomic mass is 16.2. The summed E-state index contributed by atoms with van der Waals surface area (Å²) in [5.41, 5.74) is 6.03. The van der Waals surface area contributed by atoms with Crippen LogP contribution in [0.3, 0.4) is 0 Å². The summed E-state index contributed by atoms with van der Waals surface area (Å²) >= 11 is 0. The highest BCUT2D eigenvalue weighted by Crippen LogP contribution is 2.15. The molecule has 88 valence electrons. The summed E-state index contributed by atoms with van der Waals surface area (Å²) in [5.74, 6) is 0.221. The number of nitrogens with one attached hydrogen (secondary N) is 1. The molecule has 2 aromatic heterocycles. The molecule has 1 amide bonds. The first-order chi connectivity index (χ1) is 8.18. The molecule has 0 fully saturated rings. The van der Waals surface area contributed by atoms with E-state index in [1.54, 1.807) is 25.3 Å². The molecular formula is C10H12N6O. The van der Waals surface area contributed by atoms with Gasteiger partial charge in [0.05, 0.1) is 11.7 Å². The van der Waals surface area contributed by atoms with Crippen molar-refractivity contribution >= 4 is 11.6 Å². The number of amides is 1. The molecule has 2 rings (SSSR count). The van der Waals surface area contributed by atoms with Crippen molar-refractivity contribution in [1.29, 1.82) is 0 Å². The summed E-state index contributed by atoms with van der Waals surface area (Å²) in [6.07, 6.45) is 4.51. The Morgan fingerprint density at radius 1 is 1.59 bits per heavy atom. The average Bonchev–Trinajstić information content (AvgIpc) is 2.83. The smallest absolute Gasteiger partial charge is 0.241 e. The van der Waals surface area contributed by atoms with E-state index >= 15 is 0 Å². The lowest BCUT2D eigenvalue weighted by Gasteiger charge is -2.10. The van der Waals surface area contributed by atoms with E-state index < -0.39 is 6.04 Å². The van der Waals surface area contributed by atoms with Crippen LogP contribution in [-0.2, 0) is 4.79 Å². The van der Waals surface area contributed by atoms with Gasteiger partial charge in [0.2, 0.25) is 5.91 Å². The lowest BCUT2D eigenvalue weighted by atomic mass is 10.3. The molecule has 0 radical (unpaired) electrons. The minimum absolute atomic E-state index is 0.278. The van der Waals surface area contributed by atoms with Crippen LogP contribution in [0.25, 0.3) is 5.82 Å². The third kappa shape index (κ3) is 2.45. The Labute approximate surface area is 97.7 Å². The number of aromatic nitrogens is 4. The van der Waals surface area contributed by atoms with Crippen LogP contribution in [0.5, 0.6) is 0 Å². The molecule has 1 atom stereocenters. The summed E-state index contributed by atoms with van der Waals surface area (Å²) in [7, 11) is 0. The number of nitrogens with zero attached hydrogens (tertiary/aromatic N) is 4. The predicted molar refractivity (Wildman–Crippen MR) is 61.4 cm³/mol. The molecule has 0 aliphatic heterocycles. The summed E-state index contributed by atoms with van der Waals surface area (Å²) in [4.78, 5) is 19.5. The molecule has 17 heavy (non-hydrogen) atoms. The summed E-state index contributed by atoms with van der Waals surface area (Å²) in [6.45, 7) is 1.61. The fraction of sp³-hybridized carbons (Fsp3) is 0.200. The molecule has 7 heteroatoms. The van der Waals surface area contributed by atoms with Gasteiger partial charge < -0.3 is 11.1 Å². The van der Waals surface area contributed by atoms with Gasteiger partial charge in [-0.15, -0.1) is 0 Å². The number of hydrogen-bond acceptors (Lipinski definition) is 5. The molecule has 7 nitrogen and oxygen atoms in total. The first-order valence-corrected chi connectivity index (χ1v) is 5.05. The van der Waals surface area contributed by atoms with Gasteiger partial charge in [0.15, 0.2) is 5.82 Å². The Morgan fingerprint density at radius 2 is 2.41 bits per heavy atom. The zero-order valence-electron chi connectivity index (χ0n) is 9.24. The van der Waals surface area contributed by atoms with Gasteiger partial charge in [0, 0.05) is 6.20 Å². The topological polar surface area (TPSA) is 98.7 Å². The Kier molecular flexibility index (Phi) is 3.10. The quantitative estimate of drug-likeness (QED) is 0.772. The third-order valence-electron chi connectivity index (χ3n) is 2.09. The van der Waals surface area contributed by atoms with E-state index in [2.05, 4.69) is 20.4 Å². The summed E-state index contributed by atoms with van der Waals surface area (Å²) in [5, 5.41) is 6.64. The number of carbonyl (C=O) groups is 1. The number of anilines is 1. The first-order valence-electron chi connectivity index (χ1n) is 5.05. The minimum atomic E-state index is -0.584. The predicted octanol–water partition coefficient (Wildman–Crippen LogP) is -0.0520. The van der Waals surface area contributed by atoms with E-state index in [1.165, 1.54) is 17.3 Å². The lowest BCUT2D eigenvalue weighted by molar-refractivity contribution is -0.117. The highest BCUT2D eigenvalue weighted by Gasteiger charge is 2.12. The molecule has 0 bridgehead atoms. The Hall–Kier alpha value is -2.28. The number of rotatable bonds is 3. The van der Waals surface area contributed by atoms with Crippen molar-refractivity contribution in [2.45, 2.75) is 13.0 Å². The van der Waals surface area contributed by atoms with Crippen LogP contribution < -0.4 is 11.1 Å². The van der Waals surface area contributed by atoms with Crippen LogP contribution in [0.4, 0.5) is 5.69 Å². The van der Waals surface area contributed by atoms with Crippen molar-refractivity contribution < 1.29 is 4.79 Å².